The molecule has 0 saturated heterocycles. The standard InChI is InChI=1S/C19H23NO4S/c1-13(2)14-7-9-16(10-8-14)25(22,23)18(17-4-3-11-24-17)12-20-19(21)15-5-6-15/h3-4,7-11,13,15,18H,5-6,12H2,1-2H3,(H,20,21)/t18-/m1/s1. The second kappa shape index (κ2) is 7.04. The quantitative estimate of drug-likeness (QED) is 0.819. The highest BCUT2D eigenvalue weighted by molar-refractivity contribution is 7.91. The molecule has 0 spiro atoms. The van der Waals surface area contributed by atoms with E-state index in [-0.39, 0.29) is 23.3 Å². The van der Waals surface area contributed by atoms with Gasteiger partial charge in [0.2, 0.25) is 5.91 Å². The Morgan fingerprint density at radius 2 is 1.88 bits per heavy atom. The van der Waals surface area contributed by atoms with E-state index in [2.05, 4.69) is 19.2 Å². The van der Waals surface area contributed by atoms with Crippen LogP contribution in [0.15, 0.2) is 52.0 Å². The first-order chi connectivity index (χ1) is 11.9. The van der Waals surface area contributed by atoms with Crippen molar-refractivity contribution >= 4 is 15.7 Å². The van der Waals surface area contributed by atoms with Gasteiger partial charge in [-0.15, -0.1) is 0 Å². The van der Waals surface area contributed by atoms with E-state index < -0.39 is 15.1 Å². The van der Waals surface area contributed by atoms with Crippen LogP contribution in [0.25, 0.3) is 0 Å². The zero-order valence-electron chi connectivity index (χ0n) is 14.4. The Morgan fingerprint density at radius 3 is 2.40 bits per heavy atom. The normalized spacial score (nSPS) is 16.0. The summed E-state index contributed by atoms with van der Waals surface area (Å²) < 4.78 is 31.5. The molecule has 3 rings (SSSR count). The Morgan fingerprint density at radius 1 is 1.20 bits per heavy atom. The molecule has 1 amide bonds. The Hall–Kier alpha value is -2.08. The molecular weight excluding hydrogens is 338 g/mol. The van der Waals surface area contributed by atoms with Crippen LogP contribution in [0, 0.1) is 5.92 Å². The van der Waals surface area contributed by atoms with Gasteiger partial charge in [-0.05, 0) is 48.6 Å². The highest BCUT2D eigenvalue weighted by atomic mass is 32.2. The summed E-state index contributed by atoms with van der Waals surface area (Å²) in [5.41, 5.74) is 1.08. The van der Waals surface area contributed by atoms with E-state index in [0.717, 1.165) is 18.4 Å². The van der Waals surface area contributed by atoms with Crippen LogP contribution in [0.4, 0.5) is 0 Å². The molecule has 1 aliphatic carbocycles. The van der Waals surface area contributed by atoms with E-state index >= 15 is 0 Å². The molecule has 0 aliphatic heterocycles. The van der Waals surface area contributed by atoms with Crippen molar-refractivity contribution in [2.24, 2.45) is 5.92 Å². The Bertz CT molecular complexity index is 819. The summed E-state index contributed by atoms with van der Waals surface area (Å²) in [6.45, 7) is 4.13. The Labute approximate surface area is 148 Å². The van der Waals surface area contributed by atoms with Gasteiger partial charge in [-0.1, -0.05) is 26.0 Å². The molecule has 1 saturated carbocycles. The zero-order chi connectivity index (χ0) is 18.0. The number of carbonyl (C=O) groups excluding carboxylic acids is 1. The van der Waals surface area contributed by atoms with Crippen molar-refractivity contribution in [1.82, 2.24) is 5.32 Å². The average molecular weight is 361 g/mol. The Balaban J connectivity index is 1.86. The van der Waals surface area contributed by atoms with Gasteiger partial charge < -0.3 is 9.73 Å². The topological polar surface area (TPSA) is 76.4 Å². The molecule has 25 heavy (non-hydrogen) atoms. The smallest absolute Gasteiger partial charge is 0.223 e. The van der Waals surface area contributed by atoms with Crippen molar-refractivity contribution in [3.05, 3.63) is 54.0 Å². The van der Waals surface area contributed by atoms with E-state index in [1.54, 1.807) is 24.3 Å². The van der Waals surface area contributed by atoms with Crippen molar-refractivity contribution in [2.75, 3.05) is 6.54 Å². The molecule has 5 nitrogen and oxygen atoms in total. The molecule has 134 valence electrons. The molecule has 0 bridgehead atoms. The average Bonchev–Trinajstić information content (AvgIpc) is 3.31. The fraction of sp³-hybridized carbons (Fsp3) is 0.421. The SMILES string of the molecule is CC(C)c1ccc(S(=O)(=O)[C@H](CNC(=O)C2CC2)c2ccco2)cc1. The number of hydrogen-bond acceptors (Lipinski definition) is 4. The molecule has 0 unspecified atom stereocenters. The van der Waals surface area contributed by atoms with E-state index in [4.69, 9.17) is 4.42 Å². The summed E-state index contributed by atoms with van der Waals surface area (Å²) in [6.07, 6.45) is 3.20. The second-order valence-electron chi connectivity index (χ2n) is 6.79. The second-order valence-corrected chi connectivity index (χ2v) is 8.92. The third-order valence-electron chi connectivity index (χ3n) is 4.52. The number of sulfone groups is 1. The summed E-state index contributed by atoms with van der Waals surface area (Å²) in [5.74, 6) is 0.617. The summed E-state index contributed by atoms with van der Waals surface area (Å²) >= 11 is 0. The number of amides is 1. The van der Waals surface area contributed by atoms with Gasteiger partial charge in [-0.2, -0.15) is 0 Å². The highest BCUT2D eigenvalue weighted by Gasteiger charge is 2.34. The lowest BCUT2D eigenvalue weighted by Gasteiger charge is -2.17. The van der Waals surface area contributed by atoms with Crippen LogP contribution in [-0.4, -0.2) is 20.9 Å². The van der Waals surface area contributed by atoms with Gasteiger partial charge in [0.05, 0.1) is 11.2 Å². The number of benzene rings is 1. The first-order valence-electron chi connectivity index (χ1n) is 8.54. The maximum Gasteiger partial charge on any atom is 0.223 e. The van der Waals surface area contributed by atoms with Crippen LogP contribution in [0.3, 0.4) is 0 Å². The van der Waals surface area contributed by atoms with Crippen molar-refractivity contribution in [3.8, 4) is 0 Å². The Kier molecular flexibility index (Phi) is 4.99. The molecule has 1 aromatic carbocycles. The molecule has 1 heterocycles. The van der Waals surface area contributed by atoms with E-state index in [1.807, 2.05) is 12.1 Å². The molecule has 1 aromatic heterocycles. The summed E-state index contributed by atoms with van der Waals surface area (Å²) in [5, 5.41) is 1.83. The van der Waals surface area contributed by atoms with Gasteiger partial charge in [0.15, 0.2) is 9.84 Å². The molecular formula is C19H23NO4S. The van der Waals surface area contributed by atoms with Crippen molar-refractivity contribution in [2.45, 2.75) is 42.8 Å². The summed E-state index contributed by atoms with van der Waals surface area (Å²) in [6, 6.07) is 10.2. The number of nitrogens with one attached hydrogen (secondary N) is 1. The lowest BCUT2D eigenvalue weighted by Crippen LogP contribution is -2.32. The zero-order valence-corrected chi connectivity index (χ0v) is 15.3. The number of furan rings is 1. The van der Waals surface area contributed by atoms with E-state index in [9.17, 15) is 13.2 Å². The maximum atomic E-state index is 13.1. The van der Waals surface area contributed by atoms with Crippen molar-refractivity contribution in [1.29, 1.82) is 0 Å². The summed E-state index contributed by atoms with van der Waals surface area (Å²) in [4.78, 5) is 12.2. The first-order valence-corrected chi connectivity index (χ1v) is 10.1. The largest absolute Gasteiger partial charge is 0.468 e. The van der Waals surface area contributed by atoms with Crippen molar-refractivity contribution in [3.63, 3.8) is 0 Å². The molecule has 6 heteroatoms. The minimum atomic E-state index is -3.68. The molecule has 1 aliphatic rings. The minimum Gasteiger partial charge on any atom is -0.468 e. The fourth-order valence-corrected chi connectivity index (χ4v) is 4.31. The monoisotopic (exact) mass is 361 g/mol. The van der Waals surface area contributed by atoms with Gasteiger partial charge in [-0.25, -0.2) is 8.42 Å². The van der Waals surface area contributed by atoms with Gasteiger partial charge in [0.1, 0.15) is 11.0 Å². The number of hydrogen-bond donors (Lipinski definition) is 1. The third-order valence-corrected chi connectivity index (χ3v) is 6.60. The number of carbonyl (C=O) groups is 1. The van der Waals surface area contributed by atoms with Crippen molar-refractivity contribution < 1.29 is 17.6 Å². The van der Waals surface area contributed by atoms with Gasteiger partial charge in [0, 0.05) is 12.5 Å². The summed E-state index contributed by atoms with van der Waals surface area (Å²) in [7, 11) is -3.68. The molecule has 1 N–H and O–H groups in total. The van der Waals surface area contributed by atoms with Crippen LogP contribution in [0.5, 0.6) is 0 Å². The third kappa shape index (κ3) is 3.95. The van der Waals surface area contributed by atoms with Crippen LogP contribution >= 0.6 is 0 Å². The van der Waals surface area contributed by atoms with E-state index in [0.29, 0.717) is 11.7 Å². The van der Waals surface area contributed by atoms with Crippen LogP contribution < -0.4 is 5.32 Å². The lowest BCUT2D eigenvalue weighted by molar-refractivity contribution is -0.122. The fourth-order valence-electron chi connectivity index (χ4n) is 2.73. The molecule has 0 radical (unpaired) electrons. The van der Waals surface area contributed by atoms with Gasteiger partial charge in [-0.3, -0.25) is 4.79 Å². The molecule has 1 atom stereocenters. The highest BCUT2D eigenvalue weighted by Crippen LogP contribution is 2.32. The van der Waals surface area contributed by atoms with Gasteiger partial charge in [0.25, 0.3) is 0 Å². The molecule has 1 fully saturated rings. The molecule has 2 aromatic rings. The van der Waals surface area contributed by atoms with Gasteiger partial charge >= 0.3 is 0 Å². The minimum absolute atomic E-state index is 0.0110. The van der Waals surface area contributed by atoms with Crippen LogP contribution in [0.2, 0.25) is 0 Å². The predicted octanol–water partition coefficient (Wildman–Crippen LogP) is 3.44. The van der Waals surface area contributed by atoms with Crippen LogP contribution in [0.1, 0.15) is 49.2 Å². The first kappa shape index (κ1) is 17.7. The number of rotatable bonds is 7. The lowest BCUT2D eigenvalue weighted by atomic mass is 10.0. The van der Waals surface area contributed by atoms with Crippen LogP contribution in [-0.2, 0) is 14.6 Å². The van der Waals surface area contributed by atoms with E-state index in [1.165, 1.54) is 6.26 Å². The maximum absolute atomic E-state index is 13.1. The predicted molar refractivity (Wildman–Crippen MR) is 94.9 cm³/mol.